The minimum atomic E-state index is -3.73. The van der Waals surface area contributed by atoms with Crippen LogP contribution in [0.5, 0.6) is 0 Å². The highest BCUT2D eigenvalue weighted by Crippen LogP contribution is 2.28. The highest BCUT2D eigenvalue weighted by molar-refractivity contribution is 7.89. The van der Waals surface area contributed by atoms with Crippen molar-refractivity contribution in [2.45, 2.75) is 30.8 Å². The van der Waals surface area contributed by atoms with Crippen LogP contribution < -0.4 is 0 Å². The number of nitriles is 1. The fourth-order valence-electron chi connectivity index (χ4n) is 2.15. The Balaban J connectivity index is 2.35. The zero-order valence-electron chi connectivity index (χ0n) is 12.0. The number of benzene rings is 1. The van der Waals surface area contributed by atoms with Gasteiger partial charge in [0.2, 0.25) is 10.0 Å². The molecule has 22 heavy (non-hydrogen) atoms. The maximum absolute atomic E-state index is 12.5. The second-order valence-electron chi connectivity index (χ2n) is 4.93. The summed E-state index contributed by atoms with van der Waals surface area (Å²) in [6.07, 6.45) is 0.693. The van der Waals surface area contributed by atoms with E-state index in [1.807, 2.05) is 0 Å². The first kappa shape index (κ1) is 16.7. The molecule has 1 aromatic carbocycles. The molecule has 1 heterocycles. The van der Waals surface area contributed by atoms with Crippen LogP contribution in [-0.2, 0) is 14.8 Å². The summed E-state index contributed by atoms with van der Waals surface area (Å²) >= 11 is 5.99. The van der Waals surface area contributed by atoms with E-state index in [-0.39, 0.29) is 15.5 Å². The van der Waals surface area contributed by atoms with E-state index >= 15 is 0 Å². The molecule has 0 saturated carbocycles. The van der Waals surface area contributed by atoms with Crippen molar-refractivity contribution in [2.24, 2.45) is 0 Å². The number of rotatable bonds is 4. The van der Waals surface area contributed by atoms with Crippen LogP contribution in [-0.4, -0.2) is 37.9 Å². The van der Waals surface area contributed by atoms with Crippen LogP contribution in [0.15, 0.2) is 23.1 Å². The fourth-order valence-corrected chi connectivity index (χ4v) is 4.17. The van der Waals surface area contributed by atoms with Crippen molar-refractivity contribution >= 4 is 27.6 Å². The highest BCUT2D eigenvalue weighted by Gasteiger charge is 2.30. The molecule has 0 amide bonds. The quantitative estimate of drug-likeness (QED) is 0.783. The third-order valence-corrected chi connectivity index (χ3v) is 5.70. The topological polar surface area (TPSA) is 87.5 Å². The van der Waals surface area contributed by atoms with Gasteiger partial charge in [0.1, 0.15) is 11.0 Å². The van der Waals surface area contributed by atoms with Gasteiger partial charge in [-0.15, -0.1) is 0 Å². The molecule has 0 unspecified atom stereocenters. The predicted molar refractivity (Wildman–Crippen MR) is 79.9 cm³/mol. The van der Waals surface area contributed by atoms with Gasteiger partial charge >= 0.3 is 5.97 Å². The fraction of sp³-hybridized carbons (Fsp3) is 0.429. The summed E-state index contributed by atoms with van der Waals surface area (Å²) in [6.45, 7) is 2.31. The number of halogens is 1. The standard InChI is InChI=1S/C14H15ClN2O4S/c1-10(9-16)21-14(18)11-4-5-12(15)13(8-11)22(19,20)17-6-2-3-7-17/h4-5,8,10H,2-3,6-7H2,1H3/t10-/m1/s1. The third kappa shape index (κ3) is 3.40. The smallest absolute Gasteiger partial charge is 0.339 e. The summed E-state index contributed by atoms with van der Waals surface area (Å²) in [5, 5.41) is 8.70. The summed E-state index contributed by atoms with van der Waals surface area (Å²) < 4.78 is 31.3. The largest absolute Gasteiger partial charge is 0.444 e. The van der Waals surface area contributed by atoms with Gasteiger partial charge in [0.15, 0.2) is 6.10 Å². The lowest BCUT2D eigenvalue weighted by Crippen LogP contribution is -2.28. The monoisotopic (exact) mass is 342 g/mol. The molecule has 0 aliphatic carbocycles. The molecular formula is C14H15ClN2O4S. The maximum atomic E-state index is 12.5. The van der Waals surface area contributed by atoms with Crippen molar-refractivity contribution in [3.63, 3.8) is 0 Å². The molecule has 1 saturated heterocycles. The zero-order valence-corrected chi connectivity index (χ0v) is 13.5. The number of esters is 1. The van der Waals surface area contributed by atoms with Crippen molar-refractivity contribution in [3.8, 4) is 6.07 Å². The van der Waals surface area contributed by atoms with Gasteiger partial charge in [-0.1, -0.05) is 11.6 Å². The van der Waals surface area contributed by atoms with Crippen molar-refractivity contribution in [2.75, 3.05) is 13.1 Å². The molecule has 1 aromatic rings. The van der Waals surface area contributed by atoms with Gasteiger partial charge in [0.25, 0.3) is 0 Å². The third-order valence-electron chi connectivity index (χ3n) is 3.32. The van der Waals surface area contributed by atoms with E-state index < -0.39 is 22.1 Å². The molecule has 118 valence electrons. The molecule has 1 aliphatic rings. The lowest BCUT2D eigenvalue weighted by Gasteiger charge is -2.17. The lowest BCUT2D eigenvalue weighted by molar-refractivity contribution is 0.0435. The summed E-state index contributed by atoms with van der Waals surface area (Å²) in [5.41, 5.74) is 0.0456. The Hall–Kier alpha value is -1.62. The maximum Gasteiger partial charge on any atom is 0.339 e. The first-order chi connectivity index (χ1) is 10.4. The van der Waals surface area contributed by atoms with Gasteiger partial charge in [-0.25, -0.2) is 13.2 Å². The number of hydrogen-bond donors (Lipinski definition) is 0. The average molecular weight is 343 g/mol. The van der Waals surface area contributed by atoms with Crippen LogP contribution in [0.3, 0.4) is 0 Å². The summed E-state index contributed by atoms with van der Waals surface area (Å²) in [7, 11) is -3.73. The Morgan fingerprint density at radius 3 is 2.64 bits per heavy atom. The molecule has 2 rings (SSSR count). The number of carbonyl (C=O) groups is 1. The van der Waals surface area contributed by atoms with Crippen molar-refractivity contribution in [3.05, 3.63) is 28.8 Å². The van der Waals surface area contributed by atoms with E-state index in [9.17, 15) is 13.2 Å². The first-order valence-corrected chi connectivity index (χ1v) is 8.58. The number of nitrogens with zero attached hydrogens (tertiary/aromatic N) is 2. The molecule has 8 heteroatoms. The summed E-state index contributed by atoms with van der Waals surface area (Å²) in [5.74, 6) is -0.761. The number of sulfonamides is 1. The van der Waals surface area contributed by atoms with Crippen molar-refractivity contribution in [1.82, 2.24) is 4.31 Å². The van der Waals surface area contributed by atoms with Crippen LogP contribution in [0, 0.1) is 11.3 Å². The van der Waals surface area contributed by atoms with Crippen molar-refractivity contribution in [1.29, 1.82) is 5.26 Å². The van der Waals surface area contributed by atoms with E-state index in [1.165, 1.54) is 29.4 Å². The second kappa shape index (κ2) is 6.65. The second-order valence-corrected chi connectivity index (χ2v) is 7.25. The number of carbonyl (C=O) groups excluding carboxylic acids is 1. The first-order valence-electron chi connectivity index (χ1n) is 6.76. The van der Waals surface area contributed by atoms with Gasteiger partial charge < -0.3 is 4.74 Å². The number of ether oxygens (including phenoxy) is 1. The SMILES string of the molecule is C[C@H](C#N)OC(=O)c1ccc(Cl)c(S(=O)(=O)N2CCCC2)c1. The molecule has 0 radical (unpaired) electrons. The summed E-state index contributed by atoms with van der Waals surface area (Å²) in [4.78, 5) is 11.8. The predicted octanol–water partition coefficient (Wildman–Crippen LogP) is 2.19. The van der Waals surface area contributed by atoms with Gasteiger partial charge in [-0.3, -0.25) is 0 Å². The molecule has 1 atom stereocenters. The van der Waals surface area contributed by atoms with Crippen LogP contribution in [0.2, 0.25) is 5.02 Å². The number of hydrogen-bond acceptors (Lipinski definition) is 5. The highest BCUT2D eigenvalue weighted by atomic mass is 35.5. The van der Waals surface area contributed by atoms with Gasteiger partial charge in [0, 0.05) is 13.1 Å². The molecular weight excluding hydrogens is 328 g/mol. The van der Waals surface area contributed by atoms with Crippen LogP contribution in [0.4, 0.5) is 0 Å². The molecule has 6 nitrogen and oxygen atoms in total. The Morgan fingerprint density at radius 1 is 1.41 bits per heavy atom. The normalized spacial score (nSPS) is 17.0. The Bertz CT molecular complexity index is 721. The molecule has 0 spiro atoms. The summed E-state index contributed by atoms with van der Waals surface area (Å²) in [6, 6.07) is 5.69. The van der Waals surface area contributed by atoms with E-state index in [1.54, 1.807) is 6.07 Å². The van der Waals surface area contributed by atoms with E-state index in [4.69, 9.17) is 21.6 Å². The van der Waals surface area contributed by atoms with Crippen LogP contribution in [0.1, 0.15) is 30.1 Å². The zero-order chi connectivity index (χ0) is 16.3. The van der Waals surface area contributed by atoms with Crippen LogP contribution >= 0.6 is 11.6 Å². The molecule has 0 N–H and O–H groups in total. The molecule has 1 aliphatic heterocycles. The van der Waals surface area contributed by atoms with Gasteiger partial charge in [0.05, 0.1) is 10.6 Å². The van der Waals surface area contributed by atoms with Crippen LogP contribution in [0.25, 0.3) is 0 Å². The molecule has 1 fully saturated rings. The Labute approximate surface area is 134 Å². The average Bonchev–Trinajstić information content (AvgIpc) is 3.02. The lowest BCUT2D eigenvalue weighted by atomic mass is 10.2. The van der Waals surface area contributed by atoms with Crippen molar-refractivity contribution < 1.29 is 17.9 Å². The molecule has 0 bridgehead atoms. The van der Waals surface area contributed by atoms with Gasteiger partial charge in [-0.2, -0.15) is 9.57 Å². The minimum absolute atomic E-state index is 0.0456. The Kier molecular flexibility index (Phi) is 5.06. The molecule has 0 aromatic heterocycles. The minimum Gasteiger partial charge on any atom is -0.444 e. The Morgan fingerprint density at radius 2 is 2.05 bits per heavy atom. The van der Waals surface area contributed by atoms with E-state index in [0.29, 0.717) is 13.1 Å². The van der Waals surface area contributed by atoms with E-state index in [0.717, 1.165) is 12.8 Å². The van der Waals surface area contributed by atoms with Gasteiger partial charge in [-0.05, 0) is 38.0 Å². The van der Waals surface area contributed by atoms with E-state index in [2.05, 4.69) is 0 Å².